The molecule has 0 unspecified atom stereocenters. The van der Waals surface area contributed by atoms with E-state index in [4.69, 9.17) is 0 Å². The van der Waals surface area contributed by atoms with Crippen molar-refractivity contribution in [2.45, 2.75) is 90.3 Å². The highest BCUT2D eigenvalue weighted by molar-refractivity contribution is 6.36. The molecule has 1 aromatic rings. The van der Waals surface area contributed by atoms with Crippen molar-refractivity contribution in [1.29, 1.82) is 0 Å². The fourth-order valence-corrected chi connectivity index (χ4v) is 6.29. The number of nitrogens with one attached hydrogen (secondary N) is 1. The number of carbonyl (C=O) groups excluding carboxylic acids is 4. The molecular weight excluding hydrogens is 480 g/mol. The normalized spacial score (nSPS) is 23.4. The van der Waals surface area contributed by atoms with Gasteiger partial charge in [-0.3, -0.25) is 19.2 Å². The molecule has 4 amide bonds. The second kappa shape index (κ2) is 13.3. The first-order chi connectivity index (χ1) is 18.3. The van der Waals surface area contributed by atoms with Gasteiger partial charge in [0.15, 0.2) is 0 Å². The lowest BCUT2D eigenvalue weighted by Crippen LogP contribution is -2.60. The van der Waals surface area contributed by atoms with Gasteiger partial charge in [-0.15, -0.1) is 0 Å². The lowest BCUT2D eigenvalue weighted by atomic mass is 9.87. The minimum absolute atomic E-state index is 0.0784. The molecule has 38 heavy (non-hydrogen) atoms. The number of carbonyl (C=O) groups is 4. The van der Waals surface area contributed by atoms with Crippen LogP contribution in [0.25, 0.3) is 0 Å². The Hall–Kier alpha value is -2.90. The number of hydrogen-bond acceptors (Lipinski definition) is 4. The van der Waals surface area contributed by atoms with Crippen molar-refractivity contribution in [2.24, 2.45) is 11.8 Å². The Bertz CT molecular complexity index is 976. The van der Waals surface area contributed by atoms with Crippen molar-refractivity contribution in [3.05, 3.63) is 35.9 Å². The smallest absolute Gasteiger partial charge is 0.312 e. The molecule has 0 aromatic heterocycles. The van der Waals surface area contributed by atoms with Gasteiger partial charge in [-0.05, 0) is 55.9 Å². The molecule has 1 aliphatic carbocycles. The van der Waals surface area contributed by atoms with Crippen molar-refractivity contribution in [1.82, 2.24) is 20.0 Å². The first-order valence-corrected chi connectivity index (χ1v) is 14.6. The molecule has 1 saturated carbocycles. The van der Waals surface area contributed by atoms with Crippen molar-refractivity contribution in [3.8, 4) is 0 Å². The number of nitrogens with zero attached hydrogens (tertiary/aromatic N) is 3. The van der Waals surface area contributed by atoms with Crippen LogP contribution in [0.5, 0.6) is 0 Å². The van der Waals surface area contributed by atoms with Crippen LogP contribution in [-0.4, -0.2) is 76.6 Å². The summed E-state index contributed by atoms with van der Waals surface area (Å²) >= 11 is 0. The summed E-state index contributed by atoms with van der Waals surface area (Å²) in [5.41, 5.74) is 0.993. The minimum atomic E-state index is -0.552. The molecule has 4 rings (SSSR count). The van der Waals surface area contributed by atoms with Gasteiger partial charge >= 0.3 is 23.6 Å². The van der Waals surface area contributed by atoms with E-state index in [1.54, 1.807) is 9.80 Å². The van der Waals surface area contributed by atoms with E-state index in [2.05, 4.69) is 19.2 Å². The highest BCUT2D eigenvalue weighted by atomic mass is 16.2. The van der Waals surface area contributed by atoms with Gasteiger partial charge in [0.2, 0.25) is 0 Å². The number of piperazine rings is 2. The zero-order valence-corrected chi connectivity index (χ0v) is 23.1. The van der Waals surface area contributed by atoms with Crippen LogP contribution in [-0.2, 0) is 25.7 Å². The molecule has 0 spiro atoms. The van der Waals surface area contributed by atoms with Crippen LogP contribution in [0.15, 0.2) is 30.3 Å². The van der Waals surface area contributed by atoms with Gasteiger partial charge < -0.3 is 20.0 Å². The molecular formula is C30H44N4O4. The van der Waals surface area contributed by atoms with Crippen molar-refractivity contribution >= 4 is 23.6 Å². The molecule has 208 valence electrons. The first-order valence-electron chi connectivity index (χ1n) is 14.6. The van der Waals surface area contributed by atoms with E-state index in [1.807, 2.05) is 35.2 Å². The van der Waals surface area contributed by atoms with Crippen LogP contribution in [0.3, 0.4) is 0 Å². The van der Waals surface area contributed by atoms with Crippen LogP contribution in [0.2, 0.25) is 0 Å². The van der Waals surface area contributed by atoms with Gasteiger partial charge in [0.1, 0.15) is 0 Å². The molecule has 0 bridgehead atoms. The maximum atomic E-state index is 13.2. The summed E-state index contributed by atoms with van der Waals surface area (Å²) < 4.78 is 0. The molecule has 1 N–H and O–H groups in total. The second-order valence-electron chi connectivity index (χ2n) is 11.8. The fourth-order valence-electron chi connectivity index (χ4n) is 6.29. The summed E-state index contributed by atoms with van der Waals surface area (Å²) in [4.78, 5) is 56.2. The van der Waals surface area contributed by atoms with Crippen molar-refractivity contribution in [3.63, 3.8) is 0 Å². The van der Waals surface area contributed by atoms with Crippen LogP contribution in [0, 0.1) is 11.8 Å². The van der Waals surface area contributed by atoms with E-state index in [0.717, 1.165) is 44.1 Å². The van der Waals surface area contributed by atoms with Crippen LogP contribution < -0.4 is 5.32 Å². The average Bonchev–Trinajstić information content (AvgIpc) is 2.91. The topological polar surface area (TPSA) is 90.0 Å². The Labute approximate surface area is 227 Å². The molecule has 8 heteroatoms. The number of amides is 4. The SMILES string of the molecule is CC(C)C[C@H]1CN(CCCC[C@H]2CNC(=O)C(=O)N2Cc2ccccc2)C(=O)C(=O)N1CC1CCCCC1. The van der Waals surface area contributed by atoms with Crippen LogP contribution in [0.1, 0.15) is 77.2 Å². The summed E-state index contributed by atoms with van der Waals surface area (Å²) in [6.07, 6.45) is 9.23. The van der Waals surface area contributed by atoms with Crippen molar-refractivity contribution in [2.75, 3.05) is 26.2 Å². The quantitative estimate of drug-likeness (QED) is 0.355. The molecule has 2 atom stereocenters. The molecule has 2 saturated heterocycles. The lowest BCUT2D eigenvalue weighted by molar-refractivity contribution is -0.160. The van der Waals surface area contributed by atoms with E-state index >= 15 is 0 Å². The van der Waals surface area contributed by atoms with E-state index in [1.165, 1.54) is 19.3 Å². The largest absolute Gasteiger partial charge is 0.346 e. The monoisotopic (exact) mass is 524 g/mol. The van der Waals surface area contributed by atoms with E-state index in [0.29, 0.717) is 44.6 Å². The summed E-state index contributed by atoms with van der Waals surface area (Å²) in [5, 5.41) is 2.72. The summed E-state index contributed by atoms with van der Waals surface area (Å²) in [7, 11) is 0. The minimum Gasteiger partial charge on any atom is -0.346 e. The standard InChI is InChI=1S/C30H44N4O4/c1-22(2)17-26-21-32(29(37)30(38)34(26)20-24-13-7-4-8-14-24)16-10-9-15-25-18-31-27(35)28(36)33(25)19-23-11-5-3-6-12-23/h3,5-6,11-12,22,24-26H,4,7-10,13-21H2,1-2H3,(H,31,35)/t25-,26-/m0/s1. The third-order valence-electron chi connectivity index (χ3n) is 8.33. The Balaban J connectivity index is 1.31. The maximum Gasteiger partial charge on any atom is 0.312 e. The molecule has 2 heterocycles. The third kappa shape index (κ3) is 7.14. The first kappa shape index (κ1) is 28.1. The van der Waals surface area contributed by atoms with E-state index in [9.17, 15) is 19.2 Å². The van der Waals surface area contributed by atoms with Gasteiger partial charge in [0.05, 0.1) is 6.04 Å². The average molecular weight is 525 g/mol. The van der Waals surface area contributed by atoms with E-state index < -0.39 is 11.8 Å². The Morgan fingerprint density at radius 1 is 0.868 bits per heavy atom. The zero-order chi connectivity index (χ0) is 27.1. The number of rotatable bonds is 11. The fraction of sp³-hybridized carbons (Fsp3) is 0.667. The highest BCUT2D eigenvalue weighted by Gasteiger charge is 2.40. The maximum absolute atomic E-state index is 13.2. The predicted molar refractivity (Wildman–Crippen MR) is 146 cm³/mol. The van der Waals surface area contributed by atoms with E-state index in [-0.39, 0.29) is 23.9 Å². The molecule has 0 radical (unpaired) electrons. The molecule has 2 aliphatic heterocycles. The van der Waals surface area contributed by atoms with Gasteiger partial charge in [-0.1, -0.05) is 63.4 Å². The Morgan fingerprint density at radius 2 is 1.61 bits per heavy atom. The van der Waals surface area contributed by atoms with Crippen molar-refractivity contribution < 1.29 is 19.2 Å². The molecule has 3 fully saturated rings. The van der Waals surface area contributed by atoms with Gasteiger partial charge in [0.25, 0.3) is 0 Å². The highest BCUT2D eigenvalue weighted by Crippen LogP contribution is 2.28. The summed E-state index contributed by atoms with van der Waals surface area (Å²) in [5.74, 6) is -0.778. The molecule has 3 aliphatic rings. The Kier molecular flexibility index (Phi) is 9.80. The number of benzene rings is 1. The molecule has 8 nitrogen and oxygen atoms in total. The zero-order valence-electron chi connectivity index (χ0n) is 23.1. The number of hydrogen-bond donors (Lipinski definition) is 1. The second-order valence-corrected chi connectivity index (χ2v) is 11.8. The van der Waals surface area contributed by atoms with Gasteiger partial charge in [-0.25, -0.2) is 0 Å². The summed E-state index contributed by atoms with van der Waals surface area (Å²) in [6.45, 7) is 7.06. The van der Waals surface area contributed by atoms with Crippen LogP contribution >= 0.6 is 0 Å². The number of unbranched alkanes of at least 4 members (excludes halogenated alkanes) is 1. The van der Waals surface area contributed by atoms with Gasteiger partial charge in [0, 0.05) is 38.8 Å². The van der Waals surface area contributed by atoms with Crippen LogP contribution in [0.4, 0.5) is 0 Å². The Morgan fingerprint density at radius 3 is 2.32 bits per heavy atom. The third-order valence-corrected chi connectivity index (χ3v) is 8.33. The summed E-state index contributed by atoms with van der Waals surface area (Å²) in [6, 6.07) is 9.70. The molecule has 1 aromatic carbocycles. The lowest BCUT2D eigenvalue weighted by Gasteiger charge is -2.43. The van der Waals surface area contributed by atoms with Gasteiger partial charge in [-0.2, -0.15) is 0 Å². The predicted octanol–water partition coefficient (Wildman–Crippen LogP) is 3.35.